The second-order valence-corrected chi connectivity index (χ2v) is 9.78. The van der Waals surface area contributed by atoms with E-state index in [-0.39, 0.29) is 12.1 Å². The van der Waals surface area contributed by atoms with Crippen LogP contribution in [0.25, 0.3) is 22.1 Å². The molecule has 8 nitrogen and oxygen atoms in total. The molecule has 4 heterocycles. The Hall–Kier alpha value is -3.86. The highest BCUT2D eigenvalue weighted by Crippen LogP contribution is 2.30. The monoisotopic (exact) mass is 456 g/mol. The fourth-order valence-electron chi connectivity index (χ4n) is 4.42. The van der Waals surface area contributed by atoms with E-state index in [0.29, 0.717) is 13.1 Å². The molecule has 0 aliphatic carbocycles. The van der Waals surface area contributed by atoms with Gasteiger partial charge in [0.05, 0.1) is 33.7 Å². The first-order chi connectivity index (χ1) is 16.2. The maximum Gasteiger partial charge on any atom is 0.410 e. The number of carbonyl (C=O) groups excluding carboxylic acids is 1. The molecule has 1 aliphatic heterocycles. The van der Waals surface area contributed by atoms with Gasteiger partial charge in [0.2, 0.25) is 0 Å². The van der Waals surface area contributed by atoms with Crippen molar-refractivity contribution < 1.29 is 9.53 Å². The Labute approximate surface area is 198 Å². The van der Waals surface area contributed by atoms with Crippen molar-refractivity contribution >= 4 is 28.2 Å². The zero-order chi connectivity index (χ0) is 24.0. The van der Waals surface area contributed by atoms with Crippen LogP contribution in [0.4, 0.5) is 4.79 Å². The zero-order valence-electron chi connectivity index (χ0n) is 20.1. The van der Waals surface area contributed by atoms with Crippen molar-refractivity contribution in [1.82, 2.24) is 29.4 Å². The number of H-pyrrole nitrogens is 1. The number of aromatic nitrogens is 5. The van der Waals surface area contributed by atoms with Crippen molar-refractivity contribution in [3.05, 3.63) is 53.4 Å². The van der Waals surface area contributed by atoms with E-state index >= 15 is 0 Å². The van der Waals surface area contributed by atoms with Gasteiger partial charge in [0.25, 0.3) is 0 Å². The first-order valence-electron chi connectivity index (χ1n) is 11.5. The number of aromatic amines is 1. The molecule has 174 valence electrons. The lowest BCUT2D eigenvalue weighted by Gasteiger charge is -2.24. The minimum atomic E-state index is -0.514. The molecule has 1 aliphatic rings. The van der Waals surface area contributed by atoms with E-state index < -0.39 is 5.60 Å². The highest BCUT2D eigenvalue weighted by molar-refractivity contribution is 5.86. The van der Waals surface area contributed by atoms with Gasteiger partial charge >= 0.3 is 6.09 Å². The number of ether oxygens (including phenoxy) is 1. The van der Waals surface area contributed by atoms with E-state index in [2.05, 4.69) is 36.3 Å². The van der Waals surface area contributed by atoms with Crippen LogP contribution in [0, 0.1) is 25.7 Å². The quantitative estimate of drug-likeness (QED) is 0.426. The Balaban J connectivity index is 1.47. The van der Waals surface area contributed by atoms with Crippen LogP contribution in [0.2, 0.25) is 0 Å². The van der Waals surface area contributed by atoms with E-state index in [4.69, 9.17) is 4.74 Å². The second kappa shape index (κ2) is 8.17. The number of imidazole rings is 1. The summed E-state index contributed by atoms with van der Waals surface area (Å²) in [6.07, 6.45) is 4.18. The Bertz CT molecular complexity index is 1460. The van der Waals surface area contributed by atoms with Gasteiger partial charge in [-0.15, -0.1) is 0 Å². The van der Waals surface area contributed by atoms with Gasteiger partial charge < -0.3 is 19.2 Å². The molecule has 1 saturated heterocycles. The number of amides is 1. The predicted molar refractivity (Wildman–Crippen MR) is 131 cm³/mol. The second-order valence-electron chi connectivity index (χ2n) is 9.78. The van der Waals surface area contributed by atoms with Crippen molar-refractivity contribution in [2.45, 2.75) is 52.7 Å². The molecule has 34 heavy (non-hydrogen) atoms. The van der Waals surface area contributed by atoms with Gasteiger partial charge in [-0.2, -0.15) is 0 Å². The van der Waals surface area contributed by atoms with Crippen LogP contribution in [0.5, 0.6) is 0 Å². The lowest BCUT2D eigenvalue weighted by atomic mass is 10.1. The largest absolute Gasteiger partial charge is 0.444 e. The fraction of sp³-hybridized carbons (Fsp3) is 0.385. The summed E-state index contributed by atoms with van der Waals surface area (Å²) < 4.78 is 7.70. The van der Waals surface area contributed by atoms with Gasteiger partial charge in [-0.1, -0.05) is 11.8 Å². The maximum absolute atomic E-state index is 12.6. The molecule has 1 amide bonds. The third-order valence-electron chi connectivity index (χ3n) is 5.95. The molecule has 5 rings (SSSR count). The third kappa shape index (κ3) is 4.21. The summed E-state index contributed by atoms with van der Waals surface area (Å²) in [5.41, 5.74) is 4.88. The van der Waals surface area contributed by atoms with Crippen molar-refractivity contribution in [2.24, 2.45) is 0 Å². The van der Waals surface area contributed by atoms with Gasteiger partial charge in [0.1, 0.15) is 23.4 Å². The Kier molecular flexibility index (Phi) is 5.28. The van der Waals surface area contributed by atoms with Gasteiger partial charge in [-0.3, -0.25) is 0 Å². The van der Waals surface area contributed by atoms with E-state index in [1.165, 1.54) is 0 Å². The van der Waals surface area contributed by atoms with Gasteiger partial charge in [0, 0.05) is 24.8 Å². The number of hydrogen-bond donors (Lipinski definition) is 1. The number of aryl methyl sites for hydroxylation is 2. The van der Waals surface area contributed by atoms with Gasteiger partial charge in [-0.05, 0) is 59.2 Å². The molecular formula is C26H28N6O2. The number of fused-ring (bicyclic) bond motifs is 2. The standard InChI is InChI=1S/C26H28N6O2/c1-16-23-19(8-6-18-7-9-21-22(12-18)30-17(2)29-21)13-32(24(23)28-15-27-16)20-10-11-31(14-20)25(33)34-26(3,4)5/h7,9,12-13,15,20H,10-11,14H2,1-5H3,(H,29,30). The molecule has 0 radical (unpaired) electrons. The molecule has 0 bridgehead atoms. The summed E-state index contributed by atoms with van der Waals surface area (Å²) in [6, 6.07) is 6.08. The minimum Gasteiger partial charge on any atom is -0.444 e. The lowest BCUT2D eigenvalue weighted by Crippen LogP contribution is -2.35. The Morgan fingerprint density at radius 3 is 2.82 bits per heavy atom. The number of nitrogens with zero attached hydrogens (tertiary/aromatic N) is 5. The first-order valence-corrected chi connectivity index (χ1v) is 11.5. The summed E-state index contributed by atoms with van der Waals surface area (Å²) in [6.45, 7) is 10.8. The Morgan fingerprint density at radius 1 is 1.21 bits per heavy atom. The van der Waals surface area contributed by atoms with Crippen molar-refractivity contribution in [1.29, 1.82) is 0 Å². The zero-order valence-corrected chi connectivity index (χ0v) is 20.1. The van der Waals surface area contributed by atoms with E-state index in [0.717, 1.165) is 51.1 Å². The fourth-order valence-corrected chi connectivity index (χ4v) is 4.42. The van der Waals surface area contributed by atoms with Crippen molar-refractivity contribution in [3.63, 3.8) is 0 Å². The molecule has 1 atom stereocenters. The first kappa shape index (κ1) is 22.0. The highest BCUT2D eigenvalue weighted by Gasteiger charge is 2.32. The highest BCUT2D eigenvalue weighted by atomic mass is 16.6. The number of nitrogens with one attached hydrogen (secondary N) is 1. The summed E-state index contributed by atoms with van der Waals surface area (Å²) >= 11 is 0. The normalized spacial score (nSPS) is 16.1. The van der Waals surface area contributed by atoms with Gasteiger partial charge in [-0.25, -0.2) is 19.7 Å². The maximum atomic E-state index is 12.6. The molecule has 8 heteroatoms. The number of hydrogen-bond acceptors (Lipinski definition) is 5. The predicted octanol–water partition coefficient (Wildman–Crippen LogP) is 4.51. The minimum absolute atomic E-state index is 0.100. The van der Waals surface area contributed by atoms with Crippen LogP contribution >= 0.6 is 0 Å². The van der Waals surface area contributed by atoms with E-state index in [1.54, 1.807) is 11.2 Å². The topological polar surface area (TPSA) is 88.9 Å². The Morgan fingerprint density at radius 2 is 2.03 bits per heavy atom. The van der Waals surface area contributed by atoms with Crippen LogP contribution in [-0.4, -0.2) is 54.2 Å². The average Bonchev–Trinajstić information content (AvgIpc) is 3.47. The molecule has 0 saturated carbocycles. The third-order valence-corrected chi connectivity index (χ3v) is 5.95. The van der Waals surface area contributed by atoms with Gasteiger partial charge in [0.15, 0.2) is 0 Å². The molecule has 1 aromatic carbocycles. The van der Waals surface area contributed by atoms with E-state index in [1.807, 2.05) is 59.0 Å². The van der Waals surface area contributed by atoms with Crippen LogP contribution in [-0.2, 0) is 4.74 Å². The number of likely N-dealkylation sites (tertiary alicyclic amines) is 1. The molecule has 0 spiro atoms. The average molecular weight is 457 g/mol. The van der Waals surface area contributed by atoms with E-state index in [9.17, 15) is 4.79 Å². The summed E-state index contributed by atoms with van der Waals surface area (Å²) in [4.78, 5) is 31.0. The summed E-state index contributed by atoms with van der Waals surface area (Å²) in [7, 11) is 0. The molecule has 4 aromatic rings. The lowest BCUT2D eigenvalue weighted by molar-refractivity contribution is 0.0289. The number of benzene rings is 1. The van der Waals surface area contributed by atoms with Crippen LogP contribution < -0.4 is 0 Å². The molecule has 1 N–H and O–H groups in total. The summed E-state index contributed by atoms with van der Waals surface area (Å²) in [5, 5.41) is 0.947. The van der Waals surface area contributed by atoms with Crippen molar-refractivity contribution in [2.75, 3.05) is 13.1 Å². The smallest absolute Gasteiger partial charge is 0.410 e. The molecule has 1 fully saturated rings. The van der Waals surface area contributed by atoms with Crippen LogP contribution in [0.15, 0.2) is 30.7 Å². The van der Waals surface area contributed by atoms with Crippen LogP contribution in [0.3, 0.4) is 0 Å². The SMILES string of the molecule is Cc1nc2cc(C#Cc3cn(C4CCN(C(=O)OC(C)(C)C)C4)c4ncnc(C)c34)ccc2[nH]1. The molecular weight excluding hydrogens is 428 g/mol. The molecule has 1 unspecified atom stereocenters. The molecule has 3 aromatic heterocycles. The number of carbonyl (C=O) groups is 1. The summed E-state index contributed by atoms with van der Waals surface area (Å²) in [5.74, 6) is 7.49. The van der Waals surface area contributed by atoms with Crippen LogP contribution in [0.1, 0.15) is 55.9 Å². The van der Waals surface area contributed by atoms with Crippen molar-refractivity contribution in [3.8, 4) is 11.8 Å². The number of rotatable bonds is 1.